The predicted octanol–water partition coefficient (Wildman–Crippen LogP) is 2.00. The van der Waals surface area contributed by atoms with E-state index >= 15 is 0 Å². The number of nitrogens with two attached hydrogens (primary N) is 1. The van der Waals surface area contributed by atoms with Gasteiger partial charge in [0.25, 0.3) is 0 Å². The molecule has 6 nitrogen and oxygen atoms in total. The van der Waals surface area contributed by atoms with E-state index in [0.29, 0.717) is 11.4 Å². The van der Waals surface area contributed by atoms with E-state index in [0.717, 1.165) is 12.1 Å². The topological polar surface area (TPSA) is 89.3 Å². The van der Waals surface area contributed by atoms with Crippen molar-refractivity contribution in [3.8, 4) is 5.82 Å². The molecule has 0 radical (unpaired) electrons. The number of oxime groups is 1. The molecule has 2 aromatic rings. The molecule has 0 aliphatic rings. The quantitative estimate of drug-likeness (QED) is 0.384. The molecule has 0 saturated heterocycles. The summed E-state index contributed by atoms with van der Waals surface area (Å²) in [6, 6.07) is 3.54. The molecule has 0 aliphatic carbocycles. The zero-order chi connectivity index (χ0) is 15.8. The van der Waals surface area contributed by atoms with Crippen LogP contribution in [0, 0.1) is 13.8 Å². The van der Waals surface area contributed by atoms with Gasteiger partial charge in [0.05, 0.1) is 11.3 Å². The van der Waals surface area contributed by atoms with Gasteiger partial charge in [-0.25, -0.2) is 9.67 Å². The lowest BCUT2D eigenvalue weighted by Crippen LogP contribution is -2.20. The smallest absolute Gasteiger partial charge is 0.409 e. The molecule has 3 N–H and O–H groups in total. The lowest BCUT2D eigenvalue weighted by Gasteiger charge is -2.12. The Morgan fingerprint density at radius 1 is 1.33 bits per heavy atom. The molecule has 0 saturated carbocycles. The molecule has 2 aromatic heterocycles. The van der Waals surface area contributed by atoms with Crippen LogP contribution >= 0.6 is 0 Å². The highest BCUT2D eigenvalue weighted by Gasteiger charge is 2.33. The average Bonchev–Trinajstić information content (AvgIpc) is 2.75. The van der Waals surface area contributed by atoms with Gasteiger partial charge in [-0.2, -0.15) is 18.3 Å². The Kier molecular flexibility index (Phi) is 3.58. The van der Waals surface area contributed by atoms with Gasteiger partial charge in [-0.05, 0) is 32.0 Å². The number of alkyl halides is 3. The first-order valence-corrected chi connectivity index (χ1v) is 5.84. The summed E-state index contributed by atoms with van der Waals surface area (Å²) in [6.45, 7) is 3.36. The third kappa shape index (κ3) is 2.81. The van der Waals surface area contributed by atoms with Crippen LogP contribution < -0.4 is 5.73 Å². The second-order valence-electron chi connectivity index (χ2n) is 4.39. The number of hydrogen-bond acceptors (Lipinski definition) is 4. The van der Waals surface area contributed by atoms with Gasteiger partial charge in [0, 0.05) is 5.69 Å². The van der Waals surface area contributed by atoms with E-state index < -0.39 is 11.9 Å². The standard InChI is InChI=1S/C12H12F3N5O/c1-6-5-7(2)20(18-6)11-8(10(16)19-21)3-4-9(17-11)12(13,14)15/h3-5,21H,1-2H3,(H2,16,19). The minimum Gasteiger partial charge on any atom is -0.409 e. The van der Waals surface area contributed by atoms with Crippen LogP contribution in [0.15, 0.2) is 23.4 Å². The maximum absolute atomic E-state index is 12.8. The van der Waals surface area contributed by atoms with Crippen LogP contribution in [0.3, 0.4) is 0 Å². The van der Waals surface area contributed by atoms with E-state index in [1.54, 1.807) is 19.9 Å². The fourth-order valence-electron chi connectivity index (χ4n) is 1.86. The fourth-order valence-corrected chi connectivity index (χ4v) is 1.86. The third-order valence-electron chi connectivity index (χ3n) is 2.76. The monoisotopic (exact) mass is 299 g/mol. The van der Waals surface area contributed by atoms with Crippen molar-refractivity contribution in [3.05, 3.63) is 40.8 Å². The van der Waals surface area contributed by atoms with Crippen molar-refractivity contribution in [1.29, 1.82) is 0 Å². The number of halogens is 3. The summed E-state index contributed by atoms with van der Waals surface area (Å²) in [5, 5.41) is 15.6. The van der Waals surface area contributed by atoms with Gasteiger partial charge in [0.2, 0.25) is 0 Å². The first-order chi connectivity index (χ1) is 9.74. The molecule has 2 rings (SSSR count). The van der Waals surface area contributed by atoms with E-state index in [1.165, 1.54) is 4.68 Å². The Morgan fingerprint density at radius 3 is 2.48 bits per heavy atom. The number of nitrogens with zero attached hydrogens (tertiary/aromatic N) is 4. The van der Waals surface area contributed by atoms with Crippen molar-refractivity contribution in [3.63, 3.8) is 0 Å². The summed E-state index contributed by atoms with van der Waals surface area (Å²) >= 11 is 0. The van der Waals surface area contributed by atoms with Crippen molar-refractivity contribution < 1.29 is 18.4 Å². The number of amidine groups is 1. The summed E-state index contributed by atoms with van der Waals surface area (Å²) < 4.78 is 39.6. The van der Waals surface area contributed by atoms with E-state index in [1.807, 2.05) is 0 Å². The maximum atomic E-state index is 12.8. The van der Waals surface area contributed by atoms with Gasteiger partial charge < -0.3 is 10.9 Å². The number of aryl methyl sites for hydroxylation is 2. The first-order valence-electron chi connectivity index (χ1n) is 5.84. The molecule has 112 valence electrons. The molecule has 21 heavy (non-hydrogen) atoms. The van der Waals surface area contributed by atoms with E-state index in [9.17, 15) is 13.2 Å². The Hall–Kier alpha value is -2.58. The minimum absolute atomic E-state index is 0.0525. The molecular weight excluding hydrogens is 287 g/mol. The summed E-state index contributed by atoms with van der Waals surface area (Å²) in [5.74, 6) is -0.496. The minimum atomic E-state index is -4.60. The lowest BCUT2D eigenvalue weighted by atomic mass is 10.2. The highest BCUT2D eigenvalue weighted by Crippen LogP contribution is 2.29. The summed E-state index contributed by atoms with van der Waals surface area (Å²) in [6.07, 6.45) is -4.60. The van der Waals surface area contributed by atoms with Gasteiger partial charge in [-0.3, -0.25) is 0 Å². The van der Waals surface area contributed by atoms with Gasteiger partial charge in [-0.1, -0.05) is 5.16 Å². The van der Waals surface area contributed by atoms with Crippen molar-refractivity contribution >= 4 is 5.84 Å². The summed E-state index contributed by atoms with van der Waals surface area (Å²) in [5.41, 5.74) is 5.64. The second-order valence-corrected chi connectivity index (χ2v) is 4.39. The van der Waals surface area contributed by atoms with E-state index in [4.69, 9.17) is 10.9 Å². The maximum Gasteiger partial charge on any atom is 0.433 e. The van der Waals surface area contributed by atoms with E-state index in [-0.39, 0.29) is 17.2 Å². The first kappa shape index (κ1) is 14.8. The van der Waals surface area contributed by atoms with Crippen LogP contribution in [0.1, 0.15) is 22.6 Å². The SMILES string of the molecule is Cc1cc(C)n(-c2nc(C(F)(F)F)ccc2C(N)=NO)n1. The average molecular weight is 299 g/mol. The van der Waals surface area contributed by atoms with Crippen molar-refractivity contribution in [1.82, 2.24) is 14.8 Å². The molecule has 0 unspecified atom stereocenters. The molecule has 0 aromatic carbocycles. The van der Waals surface area contributed by atoms with Crippen molar-refractivity contribution in [2.45, 2.75) is 20.0 Å². The van der Waals surface area contributed by atoms with Crippen LogP contribution in [0.5, 0.6) is 0 Å². The normalized spacial score (nSPS) is 12.7. The molecule has 0 amide bonds. The highest BCUT2D eigenvalue weighted by atomic mass is 19.4. The molecule has 9 heteroatoms. The summed E-state index contributed by atoms with van der Waals surface area (Å²) in [4.78, 5) is 3.56. The molecule has 2 heterocycles. The molecule has 0 atom stereocenters. The zero-order valence-electron chi connectivity index (χ0n) is 11.2. The Bertz CT molecular complexity index is 705. The summed E-state index contributed by atoms with van der Waals surface area (Å²) in [7, 11) is 0. The number of pyridine rings is 1. The number of rotatable bonds is 2. The van der Waals surface area contributed by atoms with Crippen LogP contribution in [0.2, 0.25) is 0 Å². The molecule has 0 aliphatic heterocycles. The van der Waals surface area contributed by atoms with Crippen LogP contribution in [0.4, 0.5) is 13.2 Å². The molecular formula is C12H12F3N5O. The Labute approximate surface area is 117 Å². The number of aromatic nitrogens is 3. The number of hydrogen-bond donors (Lipinski definition) is 2. The van der Waals surface area contributed by atoms with Crippen molar-refractivity contribution in [2.75, 3.05) is 0 Å². The second kappa shape index (κ2) is 5.08. The molecule has 0 spiro atoms. The van der Waals surface area contributed by atoms with Crippen LogP contribution in [-0.4, -0.2) is 25.8 Å². The largest absolute Gasteiger partial charge is 0.433 e. The van der Waals surface area contributed by atoms with Gasteiger partial charge in [0.1, 0.15) is 5.69 Å². The van der Waals surface area contributed by atoms with Gasteiger partial charge in [-0.15, -0.1) is 0 Å². The Balaban J connectivity index is 2.73. The van der Waals surface area contributed by atoms with Crippen LogP contribution in [0.25, 0.3) is 5.82 Å². The highest BCUT2D eigenvalue weighted by molar-refractivity contribution is 5.99. The van der Waals surface area contributed by atoms with Crippen molar-refractivity contribution in [2.24, 2.45) is 10.9 Å². The van der Waals surface area contributed by atoms with Gasteiger partial charge in [0.15, 0.2) is 11.7 Å². The fraction of sp³-hybridized carbons (Fsp3) is 0.250. The third-order valence-corrected chi connectivity index (χ3v) is 2.76. The molecule has 0 bridgehead atoms. The zero-order valence-corrected chi connectivity index (χ0v) is 11.2. The van der Waals surface area contributed by atoms with Gasteiger partial charge >= 0.3 is 6.18 Å². The van der Waals surface area contributed by atoms with E-state index in [2.05, 4.69) is 15.2 Å². The van der Waals surface area contributed by atoms with Crippen LogP contribution in [-0.2, 0) is 6.18 Å². The predicted molar refractivity (Wildman–Crippen MR) is 68.3 cm³/mol. The Morgan fingerprint density at radius 2 is 2.00 bits per heavy atom. The molecule has 0 fully saturated rings. The lowest BCUT2D eigenvalue weighted by molar-refractivity contribution is -0.141.